The molecule has 1 saturated heterocycles. The standard InChI is InChI=1S/C12H18N2O4S2/c1-7(8(2)11(16)17)10(15)14-12(18)13-5-9-6-19-3-4-20-9/h9H,3-6H2,1-2H3,(H,16,17)(H2,13,14,15,18). The molecule has 1 unspecified atom stereocenters. The van der Waals surface area contributed by atoms with Crippen molar-refractivity contribution in [2.75, 3.05) is 23.8 Å². The molecule has 8 heteroatoms. The van der Waals surface area contributed by atoms with Crippen LogP contribution in [0, 0.1) is 0 Å². The van der Waals surface area contributed by atoms with E-state index in [1.165, 1.54) is 13.8 Å². The maximum Gasteiger partial charge on any atom is 0.331 e. The van der Waals surface area contributed by atoms with E-state index < -0.39 is 17.9 Å². The molecule has 1 fully saturated rings. The Labute approximate surface area is 126 Å². The summed E-state index contributed by atoms with van der Waals surface area (Å²) < 4.78 is 0. The molecule has 3 N–H and O–H groups in total. The van der Waals surface area contributed by atoms with E-state index >= 15 is 0 Å². The maximum absolute atomic E-state index is 11.6. The van der Waals surface area contributed by atoms with E-state index in [-0.39, 0.29) is 11.1 Å². The average molecular weight is 318 g/mol. The number of thioether (sulfide) groups is 2. The summed E-state index contributed by atoms with van der Waals surface area (Å²) in [6.07, 6.45) is 0. The van der Waals surface area contributed by atoms with Gasteiger partial charge in [-0.2, -0.15) is 23.5 Å². The Morgan fingerprint density at radius 1 is 1.20 bits per heavy atom. The van der Waals surface area contributed by atoms with Crippen LogP contribution in [0.5, 0.6) is 0 Å². The largest absolute Gasteiger partial charge is 0.478 e. The summed E-state index contributed by atoms with van der Waals surface area (Å²) in [7, 11) is 0. The SMILES string of the molecule is CC(C(=O)O)=C(C)C(=O)NC(=O)NCC1CSCCS1. The number of urea groups is 1. The highest BCUT2D eigenvalue weighted by atomic mass is 32.2. The van der Waals surface area contributed by atoms with Gasteiger partial charge in [-0.05, 0) is 13.8 Å². The average Bonchev–Trinajstić information content (AvgIpc) is 2.44. The van der Waals surface area contributed by atoms with Crippen molar-refractivity contribution in [3.63, 3.8) is 0 Å². The van der Waals surface area contributed by atoms with E-state index in [1.807, 2.05) is 11.8 Å². The molecule has 0 aromatic carbocycles. The monoisotopic (exact) mass is 318 g/mol. The van der Waals surface area contributed by atoms with Crippen molar-refractivity contribution < 1.29 is 19.5 Å². The number of imide groups is 1. The lowest BCUT2D eigenvalue weighted by molar-refractivity contribution is -0.133. The first-order valence-electron chi connectivity index (χ1n) is 6.11. The van der Waals surface area contributed by atoms with Gasteiger partial charge in [-0.1, -0.05) is 0 Å². The van der Waals surface area contributed by atoms with Crippen molar-refractivity contribution in [1.82, 2.24) is 10.6 Å². The molecule has 0 aliphatic carbocycles. The number of rotatable bonds is 4. The van der Waals surface area contributed by atoms with Crippen LogP contribution in [-0.4, -0.2) is 52.1 Å². The fraction of sp³-hybridized carbons (Fsp3) is 0.583. The van der Waals surface area contributed by atoms with E-state index in [9.17, 15) is 14.4 Å². The number of hydrogen-bond acceptors (Lipinski definition) is 5. The van der Waals surface area contributed by atoms with Gasteiger partial charge in [-0.15, -0.1) is 0 Å². The number of carbonyl (C=O) groups is 3. The predicted molar refractivity (Wildman–Crippen MR) is 81.1 cm³/mol. The van der Waals surface area contributed by atoms with Crippen LogP contribution in [0.3, 0.4) is 0 Å². The number of carboxylic acid groups (broad SMARTS) is 1. The summed E-state index contributed by atoms with van der Waals surface area (Å²) in [5.74, 6) is 1.32. The summed E-state index contributed by atoms with van der Waals surface area (Å²) in [6.45, 7) is 3.20. The maximum atomic E-state index is 11.6. The smallest absolute Gasteiger partial charge is 0.331 e. The quantitative estimate of drug-likeness (QED) is 0.671. The highest BCUT2D eigenvalue weighted by Crippen LogP contribution is 2.23. The number of hydrogen-bond donors (Lipinski definition) is 3. The molecular weight excluding hydrogens is 300 g/mol. The number of carboxylic acids is 1. The number of nitrogens with one attached hydrogen (secondary N) is 2. The molecule has 0 aromatic rings. The minimum atomic E-state index is -1.17. The highest BCUT2D eigenvalue weighted by Gasteiger charge is 2.17. The number of aliphatic carboxylic acids is 1. The molecule has 112 valence electrons. The Bertz CT molecular complexity index is 431. The Morgan fingerprint density at radius 2 is 1.90 bits per heavy atom. The zero-order chi connectivity index (χ0) is 15.1. The lowest BCUT2D eigenvalue weighted by Crippen LogP contribution is -2.43. The van der Waals surface area contributed by atoms with E-state index in [4.69, 9.17) is 5.11 Å². The highest BCUT2D eigenvalue weighted by molar-refractivity contribution is 8.06. The first kappa shape index (κ1) is 16.9. The van der Waals surface area contributed by atoms with E-state index in [1.54, 1.807) is 11.8 Å². The van der Waals surface area contributed by atoms with Gasteiger partial charge in [0.05, 0.1) is 0 Å². The number of carbonyl (C=O) groups excluding carboxylic acids is 2. The molecule has 0 saturated carbocycles. The summed E-state index contributed by atoms with van der Waals surface area (Å²) >= 11 is 3.65. The molecule has 1 heterocycles. The van der Waals surface area contributed by atoms with Crippen molar-refractivity contribution in [2.45, 2.75) is 19.1 Å². The van der Waals surface area contributed by atoms with Gasteiger partial charge < -0.3 is 10.4 Å². The molecule has 1 aliphatic rings. The minimum Gasteiger partial charge on any atom is -0.478 e. The van der Waals surface area contributed by atoms with Crippen LogP contribution in [0.1, 0.15) is 13.8 Å². The topological polar surface area (TPSA) is 95.5 Å². The van der Waals surface area contributed by atoms with Gasteiger partial charge >= 0.3 is 12.0 Å². The predicted octanol–water partition coefficient (Wildman–Crippen LogP) is 1.08. The second-order valence-electron chi connectivity index (χ2n) is 4.29. The second kappa shape index (κ2) is 8.21. The lowest BCUT2D eigenvalue weighted by Gasteiger charge is -2.21. The Morgan fingerprint density at radius 3 is 2.45 bits per heavy atom. The molecule has 1 rings (SSSR count). The molecule has 20 heavy (non-hydrogen) atoms. The molecule has 3 amide bonds. The first-order valence-corrected chi connectivity index (χ1v) is 8.31. The van der Waals surface area contributed by atoms with Crippen LogP contribution >= 0.6 is 23.5 Å². The van der Waals surface area contributed by atoms with Gasteiger partial charge in [0, 0.05) is 40.2 Å². The van der Waals surface area contributed by atoms with Crippen molar-refractivity contribution in [1.29, 1.82) is 0 Å². The van der Waals surface area contributed by atoms with Crippen LogP contribution in [0.25, 0.3) is 0 Å². The van der Waals surface area contributed by atoms with Crippen molar-refractivity contribution in [2.24, 2.45) is 0 Å². The molecule has 1 atom stereocenters. The normalized spacial score (nSPS) is 19.8. The van der Waals surface area contributed by atoms with E-state index in [0.29, 0.717) is 11.8 Å². The molecule has 0 spiro atoms. The van der Waals surface area contributed by atoms with Crippen LogP contribution in [0.15, 0.2) is 11.1 Å². The summed E-state index contributed by atoms with van der Waals surface area (Å²) in [5, 5.41) is 13.9. The third-order valence-electron chi connectivity index (χ3n) is 2.83. The van der Waals surface area contributed by atoms with Crippen LogP contribution in [-0.2, 0) is 9.59 Å². The summed E-state index contributed by atoms with van der Waals surface area (Å²) in [5.41, 5.74) is -0.0511. The fourth-order valence-electron chi connectivity index (χ4n) is 1.43. The van der Waals surface area contributed by atoms with Crippen molar-refractivity contribution >= 4 is 41.4 Å². The van der Waals surface area contributed by atoms with Gasteiger partial charge in [0.1, 0.15) is 0 Å². The Kier molecular flexibility index (Phi) is 6.94. The van der Waals surface area contributed by atoms with Gasteiger partial charge in [0.2, 0.25) is 0 Å². The summed E-state index contributed by atoms with van der Waals surface area (Å²) in [6, 6.07) is -0.594. The third-order valence-corrected chi connectivity index (χ3v) is 5.67. The minimum absolute atomic E-state index is 0.0234. The van der Waals surface area contributed by atoms with E-state index in [0.717, 1.165) is 17.3 Å². The van der Waals surface area contributed by atoms with Gasteiger partial charge in [0.15, 0.2) is 0 Å². The lowest BCUT2D eigenvalue weighted by atomic mass is 10.1. The van der Waals surface area contributed by atoms with Crippen LogP contribution < -0.4 is 10.6 Å². The van der Waals surface area contributed by atoms with Gasteiger partial charge in [0.25, 0.3) is 5.91 Å². The zero-order valence-corrected chi connectivity index (χ0v) is 13.0. The molecule has 0 radical (unpaired) electrons. The molecule has 1 aliphatic heterocycles. The molecule has 6 nitrogen and oxygen atoms in total. The number of amides is 3. The Balaban J connectivity index is 2.40. The first-order chi connectivity index (χ1) is 9.41. The second-order valence-corrected chi connectivity index (χ2v) is 6.85. The fourth-order valence-corrected chi connectivity index (χ4v) is 4.04. The van der Waals surface area contributed by atoms with Crippen molar-refractivity contribution in [3.8, 4) is 0 Å². The molecule has 0 aromatic heterocycles. The van der Waals surface area contributed by atoms with Gasteiger partial charge in [-0.25, -0.2) is 9.59 Å². The summed E-state index contributed by atoms with van der Waals surface area (Å²) in [4.78, 5) is 33.9. The third kappa shape index (κ3) is 5.46. The molecule has 0 bridgehead atoms. The van der Waals surface area contributed by atoms with Crippen molar-refractivity contribution in [3.05, 3.63) is 11.1 Å². The molecular formula is C12H18N2O4S2. The van der Waals surface area contributed by atoms with Gasteiger partial charge in [-0.3, -0.25) is 10.1 Å². The Hall–Kier alpha value is -1.15. The van der Waals surface area contributed by atoms with E-state index in [2.05, 4.69) is 10.6 Å². The van der Waals surface area contributed by atoms with Crippen LogP contribution in [0.2, 0.25) is 0 Å². The van der Waals surface area contributed by atoms with Crippen LogP contribution in [0.4, 0.5) is 4.79 Å². The zero-order valence-electron chi connectivity index (χ0n) is 11.4.